The summed E-state index contributed by atoms with van der Waals surface area (Å²) in [6, 6.07) is 1.85. The third-order valence-corrected chi connectivity index (χ3v) is 9.49. The second kappa shape index (κ2) is 9.82. The Hall–Kier alpha value is 0.0300. The standard InChI is InChI=1S/C15H26N2O4S4/c1-2-5-17-13-9-11(4-3-7-24(19)8-6-18)22-15-12(13)10-14(23-15)25(16,20)21/h10-11,13,17-18H,2-9H2,1H3,(H2,16,20,21)/t11-,13-,24?/m0/s1. The number of aliphatic hydroxyl groups is 1. The second-order valence-corrected chi connectivity index (χ2v) is 12.2. The molecule has 6 nitrogen and oxygen atoms in total. The van der Waals surface area contributed by atoms with E-state index >= 15 is 0 Å². The van der Waals surface area contributed by atoms with Crippen LogP contribution in [0.3, 0.4) is 0 Å². The molecule has 0 spiro atoms. The summed E-state index contributed by atoms with van der Waals surface area (Å²) in [7, 11) is -4.64. The summed E-state index contributed by atoms with van der Waals surface area (Å²) in [6.07, 6.45) is 3.70. The monoisotopic (exact) mass is 426 g/mol. The number of aliphatic hydroxyl groups excluding tert-OH is 1. The third-order valence-electron chi connectivity index (χ3n) is 3.99. The van der Waals surface area contributed by atoms with Crippen molar-refractivity contribution in [3.8, 4) is 0 Å². The normalized spacial score (nSPS) is 21.9. The summed E-state index contributed by atoms with van der Waals surface area (Å²) in [5, 5.41) is 18.0. The maximum absolute atomic E-state index is 11.7. The molecule has 0 saturated heterocycles. The molecule has 0 aliphatic carbocycles. The molecule has 25 heavy (non-hydrogen) atoms. The van der Waals surface area contributed by atoms with Crippen LogP contribution in [-0.2, 0) is 20.8 Å². The van der Waals surface area contributed by atoms with Gasteiger partial charge in [-0.15, -0.1) is 23.1 Å². The van der Waals surface area contributed by atoms with Gasteiger partial charge >= 0.3 is 0 Å². The first-order valence-corrected chi connectivity index (χ1v) is 13.1. The van der Waals surface area contributed by atoms with Gasteiger partial charge in [0.25, 0.3) is 0 Å². The number of thioether (sulfide) groups is 1. The van der Waals surface area contributed by atoms with E-state index in [9.17, 15) is 12.6 Å². The Morgan fingerprint density at radius 3 is 2.84 bits per heavy atom. The summed E-state index contributed by atoms with van der Waals surface area (Å²) in [4.78, 5) is 0. The number of hydrogen-bond donors (Lipinski definition) is 3. The van der Waals surface area contributed by atoms with Crippen LogP contribution < -0.4 is 10.5 Å². The van der Waals surface area contributed by atoms with Crippen LogP contribution >= 0.6 is 23.1 Å². The molecule has 4 N–H and O–H groups in total. The van der Waals surface area contributed by atoms with Crippen LogP contribution in [0, 0.1) is 0 Å². The average molecular weight is 427 g/mol. The van der Waals surface area contributed by atoms with Gasteiger partial charge in [-0.05, 0) is 43.9 Å². The predicted octanol–water partition coefficient (Wildman–Crippen LogP) is 1.82. The zero-order valence-electron chi connectivity index (χ0n) is 14.3. The molecule has 3 atom stereocenters. The molecule has 2 heterocycles. The van der Waals surface area contributed by atoms with Gasteiger partial charge in [0, 0.05) is 33.6 Å². The van der Waals surface area contributed by atoms with Crippen molar-refractivity contribution in [2.45, 2.75) is 52.3 Å². The Morgan fingerprint density at radius 2 is 2.20 bits per heavy atom. The highest BCUT2D eigenvalue weighted by Crippen LogP contribution is 2.47. The summed E-state index contributed by atoms with van der Waals surface area (Å²) in [5.74, 6) is 0.940. The lowest BCUT2D eigenvalue weighted by Crippen LogP contribution is -2.28. The Kier molecular flexibility index (Phi) is 8.38. The molecule has 1 aliphatic rings. The Morgan fingerprint density at radius 1 is 1.44 bits per heavy atom. The Bertz CT molecular complexity index is 690. The summed E-state index contributed by atoms with van der Waals surface area (Å²) >= 11 is 2.95. The molecule has 0 bridgehead atoms. The molecule has 0 amide bonds. The predicted molar refractivity (Wildman–Crippen MR) is 105 cm³/mol. The van der Waals surface area contributed by atoms with Crippen LogP contribution in [-0.4, -0.2) is 47.6 Å². The quantitative estimate of drug-likeness (QED) is 0.526. The molecule has 0 fully saturated rings. The summed E-state index contributed by atoms with van der Waals surface area (Å²) in [5.41, 5.74) is 1.03. The van der Waals surface area contributed by atoms with Crippen molar-refractivity contribution in [2.24, 2.45) is 5.14 Å². The first-order valence-electron chi connectivity index (χ1n) is 8.37. The minimum Gasteiger partial charge on any atom is -0.395 e. The first kappa shape index (κ1) is 21.3. The average Bonchev–Trinajstić information content (AvgIpc) is 2.97. The van der Waals surface area contributed by atoms with E-state index in [2.05, 4.69) is 12.2 Å². The number of thiophene rings is 1. The van der Waals surface area contributed by atoms with E-state index in [0.717, 1.165) is 42.0 Å². The number of nitrogens with one attached hydrogen (secondary N) is 1. The van der Waals surface area contributed by atoms with Gasteiger partial charge < -0.3 is 10.4 Å². The van der Waals surface area contributed by atoms with Gasteiger partial charge in [0.05, 0.1) is 10.8 Å². The van der Waals surface area contributed by atoms with Gasteiger partial charge in [-0.25, -0.2) is 13.6 Å². The molecule has 0 aromatic carbocycles. The number of rotatable bonds is 10. The van der Waals surface area contributed by atoms with E-state index in [1.165, 1.54) is 11.3 Å². The molecular weight excluding hydrogens is 400 g/mol. The molecule has 10 heteroatoms. The number of nitrogens with two attached hydrogens (primary N) is 1. The summed E-state index contributed by atoms with van der Waals surface area (Å²) in [6.45, 7) is 2.94. The van der Waals surface area contributed by atoms with E-state index in [0.29, 0.717) is 16.8 Å². The lowest BCUT2D eigenvalue weighted by atomic mass is 10.0. The van der Waals surface area contributed by atoms with E-state index < -0.39 is 20.8 Å². The van der Waals surface area contributed by atoms with Crippen molar-refractivity contribution >= 4 is 43.9 Å². The maximum Gasteiger partial charge on any atom is 0.247 e. The van der Waals surface area contributed by atoms with Crippen LogP contribution in [0.5, 0.6) is 0 Å². The largest absolute Gasteiger partial charge is 0.395 e. The summed E-state index contributed by atoms with van der Waals surface area (Å²) < 4.78 is 36.2. The lowest BCUT2D eigenvalue weighted by molar-refractivity contribution is 0.321. The first-order chi connectivity index (χ1) is 11.8. The van der Waals surface area contributed by atoms with E-state index in [1.807, 2.05) is 0 Å². The zero-order chi connectivity index (χ0) is 18.4. The van der Waals surface area contributed by atoms with Crippen molar-refractivity contribution in [1.82, 2.24) is 5.32 Å². The fraction of sp³-hybridized carbons (Fsp3) is 0.733. The Balaban J connectivity index is 2.06. The van der Waals surface area contributed by atoms with Crippen molar-refractivity contribution < 1.29 is 17.7 Å². The van der Waals surface area contributed by atoms with Gasteiger partial charge in [-0.2, -0.15) is 0 Å². The van der Waals surface area contributed by atoms with Crippen LogP contribution in [0.15, 0.2) is 14.5 Å². The van der Waals surface area contributed by atoms with Gasteiger partial charge in [0.15, 0.2) is 0 Å². The molecule has 1 unspecified atom stereocenters. The second-order valence-electron chi connectivity index (χ2n) is 6.05. The number of primary sulfonamides is 1. The van der Waals surface area contributed by atoms with Crippen molar-refractivity contribution in [3.05, 3.63) is 11.6 Å². The fourth-order valence-electron chi connectivity index (χ4n) is 2.79. The molecule has 0 radical (unpaired) electrons. The molecular formula is C15H26N2O4S4. The van der Waals surface area contributed by atoms with Crippen molar-refractivity contribution in [1.29, 1.82) is 0 Å². The third kappa shape index (κ3) is 6.30. The van der Waals surface area contributed by atoms with Crippen LogP contribution in [0.2, 0.25) is 0 Å². The topological polar surface area (TPSA) is 109 Å². The molecule has 1 aromatic heterocycles. The van der Waals surface area contributed by atoms with Gasteiger partial charge in [-0.3, -0.25) is 4.21 Å². The molecule has 1 aliphatic heterocycles. The minimum atomic E-state index is -3.68. The van der Waals surface area contributed by atoms with Crippen LogP contribution in [0.1, 0.15) is 44.2 Å². The van der Waals surface area contributed by atoms with Gasteiger partial charge in [0.2, 0.25) is 10.0 Å². The zero-order valence-corrected chi connectivity index (χ0v) is 17.5. The van der Waals surface area contributed by atoms with Crippen LogP contribution in [0.4, 0.5) is 0 Å². The Labute approximate surface area is 160 Å². The molecule has 0 saturated carbocycles. The molecule has 144 valence electrons. The van der Waals surface area contributed by atoms with Gasteiger partial charge in [-0.1, -0.05) is 6.92 Å². The van der Waals surface area contributed by atoms with E-state index in [-0.39, 0.29) is 16.9 Å². The smallest absolute Gasteiger partial charge is 0.247 e. The van der Waals surface area contributed by atoms with E-state index in [1.54, 1.807) is 17.8 Å². The highest BCUT2D eigenvalue weighted by Gasteiger charge is 2.31. The number of sulfonamides is 1. The molecule has 2 rings (SSSR count). The maximum atomic E-state index is 11.7. The van der Waals surface area contributed by atoms with Crippen molar-refractivity contribution in [3.63, 3.8) is 0 Å². The minimum absolute atomic E-state index is 0.0390. The highest BCUT2D eigenvalue weighted by molar-refractivity contribution is 8.02. The van der Waals surface area contributed by atoms with Gasteiger partial charge in [0.1, 0.15) is 4.21 Å². The SMILES string of the molecule is CCCN[C@H]1C[C@H](CCCS(=O)CCO)Sc2sc(S(N)(=O)=O)cc21. The van der Waals surface area contributed by atoms with E-state index in [4.69, 9.17) is 10.2 Å². The van der Waals surface area contributed by atoms with Crippen LogP contribution in [0.25, 0.3) is 0 Å². The number of hydrogen-bond acceptors (Lipinski definition) is 7. The molecule has 1 aromatic rings. The lowest BCUT2D eigenvalue weighted by Gasteiger charge is -2.29. The number of fused-ring (bicyclic) bond motifs is 1. The van der Waals surface area contributed by atoms with Crippen molar-refractivity contribution in [2.75, 3.05) is 24.7 Å². The highest BCUT2D eigenvalue weighted by atomic mass is 32.3. The fourth-order valence-corrected chi connectivity index (χ4v) is 7.63.